The standard InChI is InChI=1S/C20H22N4O2/c1-13-17(14(2)24-23-13)10-11-21-20(25)16-7-4-6-15(12-16)18-8-5-9-19(22-18)26-3/h4-9,12H,10-11H2,1-3H3,(H,21,25)(H,23,24). The van der Waals surface area contributed by atoms with Crippen molar-refractivity contribution >= 4 is 5.91 Å². The van der Waals surface area contributed by atoms with Gasteiger partial charge in [-0.2, -0.15) is 5.10 Å². The molecular weight excluding hydrogens is 328 g/mol. The molecule has 0 radical (unpaired) electrons. The molecule has 0 atom stereocenters. The minimum atomic E-state index is -0.103. The molecule has 2 aromatic heterocycles. The maximum Gasteiger partial charge on any atom is 0.251 e. The molecular formula is C20H22N4O2. The van der Waals surface area contributed by atoms with E-state index in [4.69, 9.17) is 4.74 Å². The third-order valence-electron chi connectivity index (χ3n) is 4.29. The molecule has 0 fully saturated rings. The van der Waals surface area contributed by atoms with Crippen molar-refractivity contribution < 1.29 is 9.53 Å². The van der Waals surface area contributed by atoms with Gasteiger partial charge in [-0.3, -0.25) is 9.89 Å². The number of hydrogen-bond acceptors (Lipinski definition) is 4. The van der Waals surface area contributed by atoms with Crippen molar-refractivity contribution in [2.24, 2.45) is 0 Å². The van der Waals surface area contributed by atoms with E-state index in [1.807, 2.05) is 44.2 Å². The molecule has 1 aromatic carbocycles. The molecule has 134 valence electrons. The molecule has 26 heavy (non-hydrogen) atoms. The fraction of sp³-hybridized carbons (Fsp3) is 0.250. The normalized spacial score (nSPS) is 10.6. The summed E-state index contributed by atoms with van der Waals surface area (Å²) >= 11 is 0. The quantitative estimate of drug-likeness (QED) is 0.716. The van der Waals surface area contributed by atoms with Crippen LogP contribution in [0.15, 0.2) is 42.5 Å². The first-order valence-corrected chi connectivity index (χ1v) is 8.48. The summed E-state index contributed by atoms with van der Waals surface area (Å²) in [6, 6.07) is 13.0. The van der Waals surface area contributed by atoms with Crippen LogP contribution in [0.1, 0.15) is 27.3 Å². The van der Waals surface area contributed by atoms with Crippen LogP contribution in [0.25, 0.3) is 11.3 Å². The maximum atomic E-state index is 12.5. The monoisotopic (exact) mass is 350 g/mol. The van der Waals surface area contributed by atoms with Crippen molar-refractivity contribution in [1.82, 2.24) is 20.5 Å². The molecule has 0 aliphatic heterocycles. The molecule has 6 nitrogen and oxygen atoms in total. The number of methoxy groups -OCH3 is 1. The van der Waals surface area contributed by atoms with Crippen LogP contribution < -0.4 is 10.1 Å². The van der Waals surface area contributed by atoms with Crippen LogP contribution >= 0.6 is 0 Å². The SMILES string of the molecule is COc1cccc(-c2cccc(C(=O)NCCc3c(C)n[nH]c3C)c2)n1. The number of rotatable bonds is 6. The van der Waals surface area contributed by atoms with E-state index in [1.165, 1.54) is 0 Å². The summed E-state index contributed by atoms with van der Waals surface area (Å²) in [6.07, 6.45) is 0.747. The van der Waals surface area contributed by atoms with E-state index in [-0.39, 0.29) is 5.91 Å². The number of nitrogens with one attached hydrogen (secondary N) is 2. The van der Waals surface area contributed by atoms with Crippen LogP contribution in [0.2, 0.25) is 0 Å². The summed E-state index contributed by atoms with van der Waals surface area (Å²) in [5.74, 6) is 0.441. The van der Waals surface area contributed by atoms with Crippen LogP contribution in [-0.4, -0.2) is 34.7 Å². The average molecular weight is 350 g/mol. The number of aromatic amines is 1. The highest BCUT2D eigenvalue weighted by Gasteiger charge is 2.10. The highest BCUT2D eigenvalue weighted by molar-refractivity contribution is 5.95. The summed E-state index contributed by atoms with van der Waals surface area (Å²) in [5, 5.41) is 10.1. The summed E-state index contributed by atoms with van der Waals surface area (Å²) < 4.78 is 5.16. The Labute approximate surface area is 152 Å². The molecule has 2 N–H and O–H groups in total. The van der Waals surface area contributed by atoms with E-state index in [0.29, 0.717) is 18.0 Å². The molecule has 2 heterocycles. The molecule has 0 aliphatic rings. The summed E-state index contributed by atoms with van der Waals surface area (Å²) in [7, 11) is 1.58. The van der Waals surface area contributed by atoms with Gasteiger partial charge in [-0.05, 0) is 44.0 Å². The Morgan fingerprint density at radius 1 is 1.19 bits per heavy atom. The highest BCUT2D eigenvalue weighted by Crippen LogP contribution is 2.21. The number of carbonyl (C=O) groups is 1. The van der Waals surface area contributed by atoms with Crippen LogP contribution in [0, 0.1) is 13.8 Å². The van der Waals surface area contributed by atoms with Gasteiger partial charge in [0.25, 0.3) is 5.91 Å². The van der Waals surface area contributed by atoms with E-state index >= 15 is 0 Å². The van der Waals surface area contributed by atoms with Crippen LogP contribution in [0.3, 0.4) is 0 Å². The highest BCUT2D eigenvalue weighted by atomic mass is 16.5. The van der Waals surface area contributed by atoms with Crippen molar-refractivity contribution in [1.29, 1.82) is 0 Å². The van der Waals surface area contributed by atoms with Gasteiger partial charge in [-0.1, -0.05) is 18.2 Å². The second kappa shape index (κ2) is 7.82. The van der Waals surface area contributed by atoms with Gasteiger partial charge in [0.1, 0.15) is 0 Å². The van der Waals surface area contributed by atoms with Crippen LogP contribution in [-0.2, 0) is 6.42 Å². The minimum absolute atomic E-state index is 0.103. The van der Waals surface area contributed by atoms with Gasteiger partial charge in [-0.15, -0.1) is 0 Å². The topological polar surface area (TPSA) is 79.9 Å². The van der Waals surface area contributed by atoms with E-state index in [1.54, 1.807) is 19.2 Å². The van der Waals surface area contributed by atoms with Crippen LogP contribution in [0.4, 0.5) is 0 Å². The molecule has 6 heteroatoms. The molecule has 0 aliphatic carbocycles. The van der Waals surface area contributed by atoms with E-state index in [9.17, 15) is 4.79 Å². The first-order valence-electron chi connectivity index (χ1n) is 8.48. The van der Waals surface area contributed by atoms with Gasteiger partial charge in [-0.25, -0.2) is 4.98 Å². The fourth-order valence-corrected chi connectivity index (χ4v) is 2.85. The third-order valence-corrected chi connectivity index (χ3v) is 4.29. The third kappa shape index (κ3) is 3.91. The zero-order valence-electron chi connectivity index (χ0n) is 15.2. The van der Waals surface area contributed by atoms with Gasteiger partial charge in [0.05, 0.1) is 18.5 Å². The molecule has 0 unspecified atom stereocenters. The maximum absolute atomic E-state index is 12.5. The van der Waals surface area contributed by atoms with Gasteiger partial charge >= 0.3 is 0 Å². The number of carbonyl (C=O) groups excluding carboxylic acids is 1. The first kappa shape index (κ1) is 17.7. The summed E-state index contributed by atoms with van der Waals surface area (Å²) in [6.45, 7) is 4.51. The average Bonchev–Trinajstić information content (AvgIpc) is 3.00. The van der Waals surface area contributed by atoms with Crippen molar-refractivity contribution in [2.75, 3.05) is 13.7 Å². The lowest BCUT2D eigenvalue weighted by molar-refractivity contribution is 0.0954. The molecule has 1 amide bonds. The predicted molar refractivity (Wildman–Crippen MR) is 100 cm³/mol. The summed E-state index contributed by atoms with van der Waals surface area (Å²) in [5.41, 5.74) is 5.42. The van der Waals surface area contributed by atoms with Gasteiger partial charge in [0, 0.05) is 29.4 Å². The Morgan fingerprint density at radius 3 is 2.73 bits per heavy atom. The Balaban J connectivity index is 1.68. The van der Waals surface area contributed by atoms with Gasteiger partial charge in [0.15, 0.2) is 0 Å². The number of H-pyrrole nitrogens is 1. The number of pyridine rings is 1. The minimum Gasteiger partial charge on any atom is -0.481 e. The van der Waals surface area contributed by atoms with E-state index in [0.717, 1.165) is 34.6 Å². The molecule has 0 spiro atoms. The number of hydrogen-bond donors (Lipinski definition) is 2. The number of nitrogens with zero attached hydrogens (tertiary/aromatic N) is 2. The van der Waals surface area contributed by atoms with Crippen LogP contribution in [0.5, 0.6) is 5.88 Å². The Kier molecular flexibility index (Phi) is 5.31. The first-order chi connectivity index (χ1) is 12.6. The molecule has 3 aromatic rings. The van der Waals surface area contributed by atoms with Crippen molar-refractivity contribution in [2.45, 2.75) is 20.3 Å². The largest absolute Gasteiger partial charge is 0.481 e. The Bertz CT molecular complexity index is 898. The molecule has 0 saturated carbocycles. The number of ether oxygens (including phenoxy) is 1. The van der Waals surface area contributed by atoms with E-state index < -0.39 is 0 Å². The number of amides is 1. The van der Waals surface area contributed by atoms with Crippen molar-refractivity contribution in [3.8, 4) is 17.1 Å². The van der Waals surface area contributed by atoms with Gasteiger partial charge in [0.2, 0.25) is 5.88 Å². The lowest BCUT2D eigenvalue weighted by Crippen LogP contribution is -2.25. The molecule has 0 saturated heterocycles. The Hall–Kier alpha value is -3.15. The lowest BCUT2D eigenvalue weighted by Gasteiger charge is -2.08. The molecule has 3 rings (SSSR count). The predicted octanol–water partition coefficient (Wildman–Crippen LogP) is 3.07. The number of aryl methyl sites for hydroxylation is 2. The summed E-state index contributed by atoms with van der Waals surface area (Å²) in [4.78, 5) is 16.9. The fourth-order valence-electron chi connectivity index (χ4n) is 2.85. The number of benzene rings is 1. The zero-order chi connectivity index (χ0) is 18.5. The van der Waals surface area contributed by atoms with E-state index in [2.05, 4.69) is 20.5 Å². The zero-order valence-corrected chi connectivity index (χ0v) is 15.2. The van der Waals surface area contributed by atoms with Gasteiger partial charge < -0.3 is 10.1 Å². The second-order valence-electron chi connectivity index (χ2n) is 6.06. The Morgan fingerprint density at radius 2 is 2.00 bits per heavy atom. The molecule has 0 bridgehead atoms. The number of aromatic nitrogens is 3. The lowest BCUT2D eigenvalue weighted by atomic mass is 10.1. The van der Waals surface area contributed by atoms with Crippen molar-refractivity contribution in [3.05, 3.63) is 65.0 Å². The smallest absolute Gasteiger partial charge is 0.251 e. The van der Waals surface area contributed by atoms with Crippen molar-refractivity contribution in [3.63, 3.8) is 0 Å². The second-order valence-corrected chi connectivity index (χ2v) is 6.06.